The largest absolute Gasteiger partial charge is 0.495 e. The van der Waals surface area contributed by atoms with Crippen LogP contribution in [0, 0.1) is 12.8 Å². The van der Waals surface area contributed by atoms with Crippen LogP contribution in [0.15, 0.2) is 71.2 Å². The van der Waals surface area contributed by atoms with Crippen molar-refractivity contribution in [1.82, 2.24) is 0 Å². The summed E-state index contributed by atoms with van der Waals surface area (Å²) in [6.07, 6.45) is 5.69. The summed E-state index contributed by atoms with van der Waals surface area (Å²) in [6.45, 7) is 2.66. The minimum Gasteiger partial charge on any atom is -0.495 e. The first kappa shape index (κ1) is 21.9. The van der Waals surface area contributed by atoms with Gasteiger partial charge < -0.3 is 19.5 Å². The van der Waals surface area contributed by atoms with E-state index in [2.05, 4.69) is 70.7 Å². The number of halogens is 1. The maximum Gasteiger partial charge on any atom is 0.175 e. The van der Waals surface area contributed by atoms with Crippen molar-refractivity contribution in [3.05, 3.63) is 93.5 Å². The molecule has 0 unspecified atom stereocenters. The molecule has 33 heavy (non-hydrogen) atoms. The monoisotopic (exact) mass is 505 g/mol. The van der Waals surface area contributed by atoms with Gasteiger partial charge in [0, 0.05) is 5.92 Å². The van der Waals surface area contributed by atoms with Gasteiger partial charge in [0.1, 0.15) is 12.4 Å². The Morgan fingerprint density at radius 1 is 1.00 bits per heavy atom. The third kappa shape index (κ3) is 3.99. The molecule has 0 fully saturated rings. The lowest BCUT2D eigenvalue weighted by molar-refractivity contribution is 0.282. The molecule has 2 aliphatic rings. The number of methoxy groups -OCH3 is 2. The van der Waals surface area contributed by atoms with E-state index in [1.165, 1.54) is 16.7 Å². The second kappa shape index (κ2) is 9.14. The predicted molar refractivity (Wildman–Crippen MR) is 136 cm³/mol. The molecule has 170 valence electrons. The van der Waals surface area contributed by atoms with E-state index in [1.54, 1.807) is 14.2 Å². The molecule has 0 aromatic heterocycles. The van der Waals surface area contributed by atoms with Gasteiger partial charge in [0.15, 0.2) is 11.5 Å². The van der Waals surface area contributed by atoms with E-state index in [9.17, 15) is 0 Å². The lowest BCUT2D eigenvalue weighted by atomic mass is 9.75. The number of ether oxygens (including phenoxy) is 3. The highest BCUT2D eigenvalue weighted by Crippen LogP contribution is 2.54. The van der Waals surface area contributed by atoms with Crippen LogP contribution in [0.1, 0.15) is 40.6 Å². The first-order valence-electron chi connectivity index (χ1n) is 11.3. The maximum atomic E-state index is 6.16. The standard InChI is InChI=1S/C28H28BrNO3/c1-17-12-13-23(31-2)27-25(17)20-10-7-11-21(20)26(30-27)19-14-22(29)28(24(15-19)32-3)33-16-18-8-5-4-6-9-18/h4-10,12-15,20-21,26,30H,11,16H2,1-3H3/t20-,21+,26+/m1/s1. The zero-order valence-corrected chi connectivity index (χ0v) is 20.7. The minimum absolute atomic E-state index is 0.126. The lowest BCUT2D eigenvalue weighted by Gasteiger charge is -2.39. The number of nitrogens with one attached hydrogen (secondary N) is 1. The smallest absolute Gasteiger partial charge is 0.175 e. The van der Waals surface area contributed by atoms with Gasteiger partial charge in [-0.15, -0.1) is 0 Å². The maximum absolute atomic E-state index is 6.16. The van der Waals surface area contributed by atoms with E-state index in [0.29, 0.717) is 18.4 Å². The SMILES string of the molecule is COc1ccc(C)c2c1N[C@@H](c1cc(Br)c(OCc3ccccc3)c(OC)c1)[C@H]1CC=C[C@@H]21. The zero-order chi connectivity index (χ0) is 22.9. The van der Waals surface area contributed by atoms with Crippen molar-refractivity contribution < 1.29 is 14.2 Å². The molecule has 3 atom stereocenters. The molecule has 0 bridgehead atoms. The average Bonchev–Trinajstić information content (AvgIpc) is 3.33. The van der Waals surface area contributed by atoms with Crippen LogP contribution in [0.25, 0.3) is 0 Å². The number of rotatable bonds is 6. The fourth-order valence-corrected chi connectivity index (χ4v) is 5.73. The van der Waals surface area contributed by atoms with E-state index in [0.717, 1.165) is 39.4 Å². The topological polar surface area (TPSA) is 39.7 Å². The zero-order valence-electron chi connectivity index (χ0n) is 19.1. The molecule has 0 amide bonds. The molecular formula is C28H28BrNO3. The Balaban J connectivity index is 1.50. The molecule has 0 saturated heterocycles. The second-order valence-electron chi connectivity index (χ2n) is 8.66. The van der Waals surface area contributed by atoms with E-state index >= 15 is 0 Å². The molecular weight excluding hydrogens is 478 g/mol. The first-order chi connectivity index (χ1) is 16.1. The number of benzene rings is 3. The third-order valence-electron chi connectivity index (χ3n) is 6.76. The molecule has 0 radical (unpaired) electrons. The lowest BCUT2D eigenvalue weighted by Crippen LogP contribution is -2.30. The molecule has 0 spiro atoms. The van der Waals surface area contributed by atoms with Crippen LogP contribution in [0.4, 0.5) is 5.69 Å². The van der Waals surface area contributed by atoms with Gasteiger partial charge in [0.2, 0.25) is 0 Å². The molecule has 5 heteroatoms. The summed E-state index contributed by atoms with van der Waals surface area (Å²) in [6, 6.07) is 18.7. The molecule has 0 saturated carbocycles. The normalized spacial score (nSPS) is 20.5. The molecule has 1 heterocycles. The van der Waals surface area contributed by atoms with Crippen molar-refractivity contribution in [3.8, 4) is 17.2 Å². The fraction of sp³-hybridized carbons (Fsp3) is 0.286. The second-order valence-corrected chi connectivity index (χ2v) is 9.51. The van der Waals surface area contributed by atoms with Gasteiger partial charge in [0.05, 0.1) is 30.4 Å². The summed E-state index contributed by atoms with van der Waals surface area (Å²) in [7, 11) is 3.42. The number of allylic oxidation sites excluding steroid dienone is 2. The van der Waals surface area contributed by atoms with Gasteiger partial charge in [-0.25, -0.2) is 0 Å². The quantitative estimate of drug-likeness (QED) is 0.360. The molecule has 1 N–H and O–H groups in total. The highest BCUT2D eigenvalue weighted by Gasteiger charge is 2.40. The number of anilines is 1. The number of fused-ring (bicyclic) bond motifs is 3. The third-order valence-corrected chi connectivity index (χ3v) is 7.35. The van der Waals surface area contributed by atoms with E-state index in [1.807, 2.05) is 24.3 Å². The van der Waals surface area contributed by atoms with Crippen LogP contribution < -0.4 is 19.5 Å². The van der Waals surface area contributed by atoms with Crippen molar-refractivity contribution >= 4 is 21.6 Å². The Hall–Kier alpha value is -2.92. The van der Waals surface area contributed by atoms with Gasteiger partial charge in [0.25, 0.3) is 0 Å². The van der Waals surface area contributed by atoms with Crippen LogP contribution in [0.3, 0.4) is 0 Å². The first-order valence-corrected chi connectivity index (χ1v) is 12.0. The van der Waals surface area contributed by atoms with Gasteiger partial charge in [-0.3, -0.25) is 0 Å². The molecule has 3 aromatic carbocycles. The average molecular weight is 506 g/mol. The van der Waals surface area contributed by atoms with Crippen LogP contribution >= 0.6 is 15.9 Å². The molecule has 1 aliphatic carbocycles. The Labute approximate surface area is 203 Å². The van der Waals surface area contributed by atoms with Crippen molar-refractivity contribution in [2.45, 2.75) is 31.9 Å². The highest BCUT2D eigenvalue weighted by atomic mass is 79.9. The van der Waals surface area contributed by atoms with Gasteiger partial charge in [-0.1, -0.05) is 48.6 Å². The van der Waals surface area contributed by atoms with Gasteiger partial charge in [-0.2, -0.15) is 0 Å². The van der Waals surface area contributed by atoms with Crippen molar-refractivity contribution in [2.24, 2.45) is 5.92 Å². The van der Waals surface area contributed by atoms with Crippen LogP contribution in [-0.2, 0) is 6.61 Å². The summed E-state index contributed by atoms with van der Waals surface area (Å²) < 4.78 is 18.5. The van der Waals surface area contributed by atoms with Crippen molar-refractivity contribution in [3.63, 3.8) is 0 Å². The van der Waals surface area contributed by atoms with Gasteiger partial charge in [-0.05, 0) is 75.6 Å². The molecule has 1 aliphatic heterocycles. The van der Waals surface area contributed by atoms with Crippen LogP contribution in [0.2, 0.25) is 0 Å². The van der Waals surface area contributed by atoms with E-state index < -0.39 is 0 Å². The fourth-order valence-electron chi connectivity index (χ4n) is 5.16. The Kier molecular flexibility index (Phi) is 6.07. The summed E-state index contributed by atoms with van der Waals surface area (Å²) in [4.78, 5) is 0. The van der Waals surface area contributed by atoms with E-state index in [4.69, 9.17) is 14.2 Å². The Morgan fingerprint density at radius 2 is 1.79 bits per heavy atom. The van der Waals surface area contributed by atoms with Crippen LogP contribution in [0.5, 0.6) is 17.2 Å². The molecule has 3 aromatic rings. The molecule has 5 rings (SSSR count). The van der Waals surface area contributed by atoms with Crippen molar-refractivity contribution in [2.75, 3.05) is 19.5 Å². The van der Waals surface area contributed by atoms with Crippen molar-refractivity contribution in [1.29, 1.82) is 0 Å². The Bertz CT molecular complexity index is 1190. The minimum atomic E-state index is 0.126. The van der Waals surface area contributed by atoms with E-state index in [-0.39, 0.29) is 6.04 Å². The molecule has 4 nitrogen and oxygen atoms in total. The number of hydrogen-bond donors (Lipinski definition) is 1. The number of aryl methyl sites for hydroxylation is 1. The van der Waals surface area contributed by atoms with Crippen LogP contribution in [-0.4, -0.2) is 14.2 Å². The summed E-state index contributed by atoms with van der Waals surface area (Å²) in [5.74, 6) is 3.11. The summed E-state index contributed by atoms with van der Waals surface area (Å²) in [5.41, 5.74) is 6.01. The summed E-state index contributed by atoms with van der Waals surface area (Å²) in [5, 5.41) is 3.82. The number of hydrogen-bond acceptors (Lipinski definition) is 4. The highest BCUT2D eigenvalue weighted by molar-refractivity contribution is 9.10. The van der Waals surface area contributed by atoms with Gasteiger partial charge >= 0.3 is 0 Å². The Morgan fingerprint density at radius 3 is 2.55 bits per heavy atom. The summed E-state index contributed by atoms with van der Waals surface area (Å²) >= 11 is 3.75. The predicted octanol–water partition coefficient (Wildman–Crippen LogP) is 7.18.